The number of alkyl halides is 3. The van der Waals surface area contributed by atoms with E-state index >= 15 is 0 Å². The molecule has 0 aliphatic heterocycles. The molecular formula is C12H14F3NO2. The Bertz CT molecular complexity index is 430. The van der Waals surface area contributed by atoms with Crippen LogP contribution in [0.3, 0.4) is 0 Å². The normalized spacial score (nSPS) is 17.4. The van der Waals surface area contributed by atoms with Gasteiger partial charge in [-0.2, -0.15) is 0 Å². The quantitative estimate of drug-likeness (QED) is 0.906. The van der Waals surface area contributed by atoms with Gasteiger partial charge in [0, 0.05) is 11.6 Å². The van der Waals surface area contributed by atoms with Crippen LogP contribution in [-0.2, 0) is 0 Å². The molecule has 6 heteroatoms. The summed E-state index contributed by atoms with van der Waals surface area (Å²) >= 11 is 0. The van der Waals surface area contributed by atoms with Crippen LogP contribution in [0.1, 0.15) is 24.4 Å². The van der Waals surface area contributed by atoms with Crippen LogP contribution in [-0.4, -0.2) is 13.5 Å². The fourth-order valence-corrected chi connectivity index (χ4v) is 1.88. The Morgan fingerprint density at radius 2 is 2.00 bits per heavy atom. The van der Waals surface area contributed by atoms with E-state index in [1.165, 1.54) is 25.3 Å². The predicted octanol–water partition coefficient (Wildman–Crippen LogP) is 3.00. The molecule has 1 aromatic carbocycles. The van der Waals surface area contributed by atoms with Gasteiger partial charge >= 0.3 is 6.36 Å². The van der Waals surface area contributed by atoms with E-state index in [1.807, 2.05) is 0 Å². The first kappa shape index (κ1) is 13.0. The van der Waals surface area contributed by atoms with E-state index < -0.39 is 6.36 Å². The summed E-state index contributed by atoms with van der Waals surface area (Å²) in [4.78, 5) is 0. The first-order chi connectivity index (χ1) is 8.40. The highest BCUT2D eigenvalue weighted by atomic mass is 19.4. The minimum Gasteiger partial charge on any atom is -0.496 e. The molecule has 0 aromatic heterocycles. The van der Waals surface area contributed by atoms with E-state index in [0.29, 0.717) is 17.2 Å². The molecule has 0 heterocycles. The third-order valence-corrected chi connectivity index (χ3v) is 2.92. The highest BCUT2D eigenvalue weighted by molar-refractivity contribution is 5.42. The van der Waals surface area contributed by atoms with E-state index in [0.717, 1.165) is 12.8 Å². The number of methoxy groups -OCH3 is 1. The van der Waals surface area contributed by atoms with Crippen molar-refractivity contribution in [2.45, 2.75) is 25.2 Å². The van der Waals surface area contributed by atoms with Crippen molar-refractivity contribution >= 4 is 0 Å². The lowest BCUT2D eigenvalue weighted by Gasteiger charge is -2.17. The molecule has 2 rings (SSSR count). The molecule has 0 amide bonds. The smallest absolute Gasteiger partial charge is 0.496 e. The second-order valence-corrected chi connectivity index (χ2v) is 4.31. The lowest BCUT2D eigenvalue weighted by atomic mass is 10.0. The molecule has 1 aliphatic carbocycles. The van der Waals surface area contributed by atoms with Gasteiger partial charge in [0.1, 0.15) is 11.5 Å². The minimum absolute atomic E-state index is 0.269. The van der Waals surface area contributed by atoms with Crippen LogP contribution in [0, 0.1) is 5.92 Å². The van der Waals surface area contributed by atoms with Crippen LogP contribution in [0.2, 0.25) is 0 Å². The molecule has 1 fully saturated rings. The van der Waals surface area contributed by atoms with Crippen LogP contribution in [0.25, 0.3) is 0 Å². The maximum atomic E-state index is 12.1. The molecule has 3 nitrogen and oxygen atoms in total. The number of halogens is 3. The zero-order chi connectivity index (χ0) is 13.3. The Morgan fingerprint density at radius 3 is 2.50 bits per heavy atom. The van der Waals surface area contributed by atoms with Gasteiger partial charge in [0.2, 0.25) is 0 Å². The van der Waals surface area contributed by atoms with E-state index in [9.17, 15) is 13.2 Å². The van der Waals surface area contributed by atoms with Gasteiger partial charge in [-0.3, -0.25) is 0 Å². The summed E-state index contributed by atoms with van der Waals surface area (Å²) in [6, 6.07) is 3.65. The summed E-state index contributed by atoms with van der Waals surface area (Å²) in [6.07, 6.45) is -2.71. The molecule has 1 saturated carbocycles. The van der Waals surface area contributed by atoms with Crippen molar-refractivity contribution in [3.8, 4) is 11.5 Å². The van der Waals surface area contributed by atoms with Crippen LogP contribution < -0.4 is 15.2 Å². The Kier molecular flexibility index (Phi) is 3.38. The number of rotatable bonds is 4. The Hall–Kier alpha value is -1.43. The van der Waals surface area contributed by atoms with Crippen LogP contribution in [0.5, 0.6) is 11.5 Å². The largest absolute Gasteiger partial charge is 0.573 e. The van der Waals surface area contributed by atoms with Gasteiger partial charge in [0.25, 0.3) is 0 Å². The first-order valence-corrected chi connectivity index (χ1v) is 5.60. The van der Waals surface area contributed by atoms with Crippen molar-refractivity contribution in [3.63, 3.8) is 0 Å². The predicted molar refractivity (Wildman–Crippen MR) is 59.3 cm³/mol. The highest BCUT2D eigenvalue weighted by Crippen LogP contribution is 2.43. The standard InChI is InChI=1S/C12H14F3NO2/c1-17-10-5-4-8(18-12(13,14)15)6-9(10)11(16)7-2-3-7/h4-7,11H,2-3,16H2,1H3/t11-/m0/s1. The number of hydrogen-bond acceptors (Lipinski definition) is 3. The van der Waals surface area contributed by atoms with Gasteiger partial charge in [-0.25, -0.2) is 0 Å². The molecule has 18 heavy (non-hydrogen) atoms. The Morgan fingerprint density at radius 1 is 1.33 bits per heavy atom. The first-order valence-electron chi connectivity index (χ1n) is 5.60. The van der Waals surface area contributed by atoms with Gasteiger partial charge in [0.05, 0.1) is 7.11 Å². The third-order valence-electron chi connectivity index (χ3n) is 2.92. The Labute approximate surface area is 103 Å². The maximum absolute atomic E-state index is 12.1. The summed E-state index contributed by atoms with van der Waals surface area (Å²) in [5.41, 5.74) is 6.55. The number of benzene rings is 1. The SMILES string of the molecule is COc1ccc(OC(F)(F)F)cc1[C@@H](N)C1CC1. The fraction of sp³-hybridized carbons (Fsp3) is 0.500. The molecule has 0 spiro atoms. The number of nitrogens with two attached hydrogens (primary N) is 1. The molecular weight excluding hydrogens is 247 g/mol. The fourth-order valence-electron chi connectivity index (χ4n) is 1.88. The van der Waals surface area contributed by atoms with E-state index in [2.05, 4.69) is 4.74 Å². The van der Waals surface area contributed by atoms with Crippen molar-refractivity contribution in [3.05, 3.63) is 23.8 Å². The van der Waals surface area contributed by atoms with E-state index in [4.69, 9.17) is 10.5 Å². The summed E-state index contributed by atoms with van der Waals surface area (Å²) in [6.45, 7) is 0. The average molecular weight is 261 g/mol. The van der Waals surface area contributed by atoms with Crippen LogP contribution in [0.15, 0.2) is 18.2 Å². The molecule has 2 N–H and O–H groups in total. The molecule has 100 valence electrons. The maximum Gasteiger partial charge on any atom is 0.573 e. The van der Waals surface area contributed by atoms with Gasteiger partial charge in [0.15, 0.2) is 0 Å². The molecule has 0 radical (unpaired) electrons. The highest BCUT2D eigenvalue weighted by Gasteiger charge is 2.34. The second-order valence-electron chi connectivity index (χ2n) is 4.31. The molecule has 0 unspecified atom stereocenters. The van der Waals surface area contributed by atoms with Crippen molar-refractivity contribution in [2.24, 2.45) is 11.7 Å². The number of hydrogen-bond donors (Lipinski definition) is 1. The second kappa shape index (κ2) is 4.68. The van der Waals surface area contributed by atoms with Crippen LogP contribution in [0.4, 0.5) is 13.2 Å². The van der Waals surface area contributed by atoms with Crippen molar-refractivity contribution in [2.75, 3.05) is 7.11 Å². The lowest BCUT2D eigenvalue weighted by molar-refractivity contribution is -0.274. The van der Waals surface area contributed by atoms with Crippen LogP contribution >= 0.6 is 0 Å². The molecule has 1 atom stereocenters. The topological polar surface area (TPSA) is 44.5 Å². The summed E-state index contributed by atoms with van der Waals surface area (Å²) in [5.74, 6) is 0.540. The third kappa shape index (κ3) is 3.07. The van der Waals surface area contributed by atoms with Gasteiger partial charge in [-0.15, -0.1) is 13.2 Å². The monoisotopic (exact) mass is 261 g/mol. The van der Waals surface area contributed by atoms with Crippen molar-refractivity contribution in [1.82, 2.24) is 0 Å². The molecule has 0 bridgehead atoms. The summed E-state index contributed by atoms with van der Waals surface area (Å²) < 4.78 is 45.4. The van der Waals surface area contributed by atoms with E-state index in [1.54, 1.807) is 0 Å². The van der Waals surface area contributed by atoms with Crippen molar-refractivity contribution in [1.29, 1.82) is 0 Å². The van der Waals surface area contributed by atoms with E-state index in [-0.39, 0.29) is 11.8 Å². The Balaban J connectivity index is 2.26. The molecule has 1 aliphatic rings. The van der Waals surface area contributed by atoms with Gasteiger partial charge in [-0.1, -0.05) is 0 Å². The minimum atomic E-state index is -4.70. The zero-order valence-electron chi connectivity index (χ0n) is 9.83. The lowest BCUT2D eigenvalue weighted by Crippen LogP contribution is -2.18. The summed E-state index contributed by atoms with van der Waals surface area (Å²) in [7, 11) is 1.46. The number of ether oxygens (including phenoxy) is 2. The molecule has 1 aromatic rings. The summed E-state index contributed by atoms with van der Waals surface area (Å²) in [5, 5.41) is 0. The van der Waals surface area contributed by atoms with Crippen molar-refractivity contribution < 1.29 is 22.6 Å². The molecule has 0 saturated heterocycles. The van der Waals surface area contributed by atoms with Gasteiger partial charge < -0.3 is 15.2 Å². The average Bonchev–Trinajstić information content (AvgIpc) is 3.09. The zero-order valence-corrected chi connectivity index (χ0v) is 9.83. The van der Waals surface area contributed by atoms with Gasteiger partial charge in [-0.05, 0) is 37.0 Å².